The molecule has 1 aromatic carbocycles. The van der Waals surface area contributed by atoms with Crippen molar-refractivity contribution in [1.29, 1.82) is 0 Å². The van der Waals surface area contributed by atoms with Gasteiger partial charge >= 0.3 is 0 Å². The summed E-state index contributed by atoms with van der Waals surface area (Å²) in [5.74, 6) is 0.978. The van der Waals surface area contributed by atoms with E-state index in [0.29, 0.717) is 30.5 Å². The second-order valence-corrected chi connectivity index (χ2v) is 7.88. The Bertz CT molecular complexity index is 670. The Hall–Kier alpha value is -1.69. The molecule has 26 heavy (non-hydrogen) atoms. The lowest BCUT2D eigenvalue weighted by molar-refractivity contribution is 0.0816. The second kappa shape index (κ2) is 8.80. The molecule has 0 amide bonds. The average molecular weight is 357 g/mol. The van der Waals surface area contributed by atoms with Crippen LogP contribution in [0, 0.1) is 5.92 Å². The number of nitrogens with zero attached hydrogens (tertiary/aromatic N) is 3. The summed E-state index contributed by atoms with van der Waals surface area (Å²) < 4.78 is 8.18. The van der Waals surface area contributed by atoms with Crippen LogP contribution in [0.15, 0.2) is 42.9 Å². The van der Waals surface area contributed by atoms with E-state index in [2.05, 4.69) is 72.0 Å². The highest BCUT2D eigenvalue weighted by Gasteiger charge is 2.35. The number of likely N-dealkylation sites (N-methyl/N-ethyl adjacent to an activating group) is 1. The van der Waals surface area contributed by atoms with E-state index in [1.54, 1.807) is 0 Å². The fraction of sp³-hybridized carbons (Fsp3) is 0.571. The summed E-state index contributed by atoms with van der Waals surface area (Å²) in [6.07, 6.45) is 3.91. The zero-order valence-corrected chi connectivity index (χ0v) is 16.4. The number of hydrogen-bond donors (Lipinski definition) is 1. The van der Waals surface area contributed by atoms with Gasteiger partial charge in [0.2, 0.25) is 0 Å². The summed E-state index contributed by atoms with van der Waals surface area (Å²) in [5.41, 5.74) is 2.53. The molecule has 1 saturated heterocycles. The van der Waals surface area contributed by atoms with Gasteiger partial charge in [0.05, 0.1) is 19.5 Å². The number of likely N-dealkylation sites (tertiary alicyclic amines) is 1. The predicted octanol–water partition coefficient (Wildman–Crippen LogP) is 2.65. The molecule has 142 valence electrons. The van der Waals surface area contributed by atoms with E-state index < -0.39 is 0 Å². The fourth-order valence-electron chi connectivity index (χ4n) is 3.78. The summed E-state index contributed by atoms with van der Waals surface area (Å²) in [6.45, 7) is 8.04. The molecule has 2 aromatic rings. The maximum Gasteiger partial charge on any atom is 0.0945 e. The minimum Gasteiger partial charge on any atom is -0.375 e. The molecule has 0 bridgehead atoms. The van der Waals surface area contributed by atoms with Crippen molar-refractivity contribution in [3.63, 3.8) is 0 Å². The van der Waals surface area contributed by atoms with Gasteiger partial charge in [0.15, 0.2) is 0 Å². The van der Waals surface area contributed by atoms with Crippen molar-refractivity contribution in [2.45, 2.75) is 38.5 Å². The van der Waals surface area contributed by atoms with Crippen LogP contribution in [0.3, 0.4) is 0 Å². The Labute approximate surface area is 157 Å². The van der Waals surface area contributed by atoms with Crippen molar-refractivity contribution in [3.05, 3.63) is 54.1 Å². The number of benzene rings is 1. The van der Waals surface area contributed by atoms with Gasteiger partial charge in [0.25, 0.3) is 0 Å². The topological polar surface area (TPSA) is 42.3 Å². The molecule has 5 nitrogen and oxygen atoms in total. The van der Waals surface area contributed by atoms with Gasteiger partial charge < -0.3 is 19.5 Å². The van der Waals surface area contributed by atoms with Crippen molar-refractivity contribution in [1.82, 2.24) is 19.8 Å². The molecule has 1 aliphatic rings. The lowest BCUT2D eigenvalue weighted by atomic mass is 9.97. The van der Waals surface area contributed by atoms with Crippen LogP contribution in [0.4, 0.5) is 0 Å². The molecule has 0 saturated carbocycles. The number of rotatable bonds is 8. The van der Waals surface area contributed by atoms with E-state index in [9.17, 15) is 0 Å². The lowest BCUT2D eigenvalue weighted by Gasteiger charge is -2.29. The van der Waals surface area contributed by atoms with Gasteiger partial charge in [-0.1, -0.05) is 44.2 Å². The zero-order chi connectivity index (χ0) is 18.5. The van der Waals surface area contributed by atoms with Crippen LogP contribution < -0.4 is 5.32 Å². The van der Waals surface area contributed by atoms with Crippen molar-refractivity contribution >= 4 is 0 Å². The van der Waals surface area contributed by atoms with E-state index in [-0.39, 0.29) is 0 Å². The monoisotopic (exact) mass is 356 g/mol. The van der Waals surface area contributed by atoms with Gasteiger partial charge in [-0.25, -0.2) is 4.98 Å². The standard InChI is InChI=1S/C21H32N4O/c1-16(2)20(14-26-13-17-8-6-5-7-9-17)23-19-12-24(3)11-18(19)21-10-22-15-25(21)4/h5-10,15-16,18-20,23H,11-14H2,1-4H3/t18-,19-,20?/m1/s1. The summed E-state index contributed by atoms with van der Waals surface area (Å²) in [4.78, 5) is 6.72. The normalized spacial score (nSPS) is 22.2. The molecule has 5 heteroatoms. The van der Waals surface area contributed by atoms with E-state index in [1.165, 1.54) is 11.3 Å². The fourth-order valence-corrected chi connectivity index (χ4v) is 3.78. The van der Waals surface area contributed by atoms with Crippen molar-refractivity contribution < 1.29 is 4.74 Å². The third-order valence-electron chi connectivity index (χ3n) is 5.38. The molecule has 0 spiro atoms. The van der Waals surface area contributed by atoms with Crippen LogP contribution in [0.2, 0.25) is 0 Å². The Morgan fingerprint density at radius 1 is 1.19 bits per heavy atom. The van der Waals surface area contributed by atoms with Crippen molar-refractivity contribution in [2.24, 2.45) is 13.0 Å². The predicted molar refractivity (Wildman–Crippen MR) is 105 cm³/mol. The molecule has 1 N–H and O–H groups in total. The van der Waals surface area contributed by atoms with Gasteiger partial charge in [-0.05, 0) is 18.5 Å². The number of imidazole rings is 1. The Kier molecular flexibility index (Phi) is 6.46. The van der Waals surface area contributed by atoms with Gasteiger partial charge in [0, 0.05) is 50.0 Å². The number of ether oxygens (including phenoxy) is 1. The first-order valence-electron chi connectivity index (χ1n) is 9.57. The molecule has 0 radical (unpaired) electrons. The summed E-state index contributed by atoms with van der Waals surface area (Å²) in [6, 6.07) is 11.1. The summed E-state index contributed by atoms with van der Waals surface area (Å²) in [5, 5.41) is 3.89. The molecule has 1 fully saturated rings. The van der Waals surface area contributed by atoms with Crippen LogP contribution in [-0.4, -0.2) is 53.3 Å². The lowest BCUT2D eigenvalue weighted by Crippen LogP contribution is -2.47. The minimum atomic E-state index is 0.339. The molecular weight excluding hydrogens is 324 g/mol. The van der Waals surface area contributed by atoms with Crippen molar-refractivity contribution in [3.8, 4) is 0 Å². The Morgan fingerprint density at radius 2 is 1.96 bits per heavy atom. The average Bonchev–Trinajstić information content (AvgIpc) is 3.19. The SMILES string of the molecule is CC(C)C(COCc1ccccc1)N[C@@H]1CN(C)C[C@H]1c1cncn1C. The van der Waals surface area contributed by atoms with Crippen LogP contribution in [-0.2, 0) is 18.4 Å². The molecule has 3 atom stereocenters. The van der Waals surface area contributed by atoms with Gasteiger partial charge in [0.1, 0.15) is 0 Å². The molecule has 1 unspecified atom stereocenters. The number of hydrogen-bond acceptors (Lipinski definition) is 4. The molecule has 1 aromatic heterocycles. The maximum absolute atomic E-state index is 6.04. The number of nitrogens with one attached hydrogen (secondary N) is 1. The van der Waals surface area contributed by atoms with E-state index in [0.717, 1.165) is 19.7 Å². The first-order valence-corrected chi connectivity index (χ1v) is 9.57. The zero-order valence-electron chi connectivity index (χ0n) is 16.4. The Balaban J connectivity index is 1.60. The van der Waals surface area contributed by atoms with Crippen LogP contribution in [0.1, 0.15) is 31.0 Å². The highest BCUT2D eigenvalue weighted by Crippen LogP contribution is 2.27. The van der Waals surface area contributed by atoms with Gasteiger partial charge in [-0.3, -0.25) is 0 Å². The molecular formula is C21H32N4O. The highest BCUT2D eigenvalue weighted by molar-refractivity contribution is 5.15. The minimum absolute atomic E-state index is 0.339. The largest absolute Gasteiger partial charge is 0.375 e. The molecule has 0 aliphatic carbocycles. The highest BCUT2D eigenvalue weighted by atomic mass is 16.5. The van der Waals surface area contributed by atoms with Crippen LogP contribution in [0.5, 0.6) is 0 Å². The molecule has 3 rings (SSSR count). The third-order valence-corrected chi connectivity index (χ3v) is 5.38. The van der Waals surface area contributed by atoms with E-state index in [1.807, 2.05) is 18.6 Å². The maximum atomic E-state index is 6.04. The Morgan fingerprint density at radius 3 is 2.62 bits per heavy atom. The number of aryl methyl sites for hydroxylation is 1. The summed E-state index contributed by atoms with van der Waals surface area (Å²) >= 11 is 0. The number of aromatic nitrogens is 2. The summed E-state index contributed by atoms with van der Waals surface area (Å²) in [7, 11) is 4.28. The first-order chi connectivity index (χ1) is 12.5. The van der Waals surface area contributed by atoms with Crippen LogP contribution >= 0.6 is 0 Å². The quantitative estimate of drug-likeness (QED) is 0.790. The molecule has 1 aliphatic heterocycles. The van der Waals surface area contributed by atoms with Gasteiger partial charge in [-0.2, -0.15) is 0 Å². The molecule has 2 heterocycles. The third kappa shape index (κ3) is 4.72. The van der Waals surface area contributed by atoms with E-state index >= 15 is 0 Å². The van der Waals surface area contributed by atoms with Crippen molar-refractivity contribution in [2.75, 3.05) is 26.7 Å². The second-order valence-electron chi connectivity index (χ2n) is 7.88. The first kappa shape index (κ1) is 19.1. The van der Waals surface area contributed by atoms with E-state index in [4.69, 9.17) is 4.74 Å². The van der Waals surface area contributed by atoms with Gasteiger partial charge in [-0.15, -0.1) is 0 Å². The smallest absolute Gasteiger partial charge is 0.0945 e. The van der Waals surface area contributed by atoms with Crippen LogP contribution in [0.25, 0.3) is 0 Å².